The lowest BCUT2D eigenvalue weighted by atomic mass is 9.70. The minimum absolute atomic E-state index is 0.285. The smallest absolute Gasteiger partial charge is 0.147 e. The molecule has 3 nitrogen and oxygen atoms in total. The summed E-state index contributed by atoms with van der Waals surface area (Å²) in [5, 5.41) is 0. The molecular weight excluding hydrogens is 222 g/mol. The third-order valence-corrected chi connectivity index (χ3v) is 5.73. The van der Waals surface area contributed by atoms with Crippen molar-refractivity contribution in [3.05, 3.63) is 0 Å². The molecule has 0 aromatic rings. The summed E-state index contributed by atoms with van der Waals surface area (Å²) in [6.45, 7) is 0.748. The first-order valence-electron chi connectivity index (χ1n) is 6.33. The van der Waals surface area contributed by atoms with Crippen molar-refractivity contribution in [2.24, 2.45) is 23.0 Å². The van der Waals surface area contributed by atoms with Gasteiger partial charge < -0.3 is 5.73 Å². The number of fused-ring (bicyclic) bond motifs is 2. The summed E-state index contributed by atoms with van der Waals surface area (Å²) in [5.74, 6) is 1.99. The van der Waals surface area contributed by atoms with Crippen molar-refractivity contribution in [2.45, 2.75) is 38.5 Å². The Morgan fingerprint density at radius 2 is 2.12 bits per heavy atom. The molecule has 2 aliphatic carbocycles. The monoisotopic (exact) mass is 245 g/mol. The van der Waals surface area contributed by atoms with Crippen LogP contribution in [0.25, 0.3) is 0 Å². The Labute approximate surface area is 98.7 Å². The predicted molar refractivity (Wildman–Crippen MR) is 65.9 cm³/mol. The van der Waals surface area contributed by atoms with Gasteiger partial charge in [0.05, 0.1) is 0 Å². The molecule has 16 heavy (non-hydrogen) atoms. The molecule has 2 bridgehead atoms. The van der Waals surface area contributed by atoms with E-state index in [1.807, 2.05) is 0 Å². The number of sulfone groups is 1. The van der Waals surface area contributed by atoms with Crippen molar-refractivity contribution >= 4 is 9.84 Å². The molecule has 2 saturated carbocycles. The van der Waals surface area contributed by atoms with Crippen LogP contribution in [0.3, 0.4) is 0 Å². The molecule has 4 heteroatoms. The lowest BCUT2D eigenvalue weighted by Gasteiger charge is -2.36. The van der Waals surface area contributed by atoms with E-state index in [1.165, 1.54) is 31.9 Å². The molecule has 2 N–H and O–H groups in total. The largest absolute Gasteiger partial charge is 0.330 e. The van der Waals surface area contributed by atoms with Crippen LogP contribution in [0.1, 0.15) is 38.5 Å². The van der Waals surface area contributed by atoms with Crippen LogP contribution in [0.15, 0.2) is 0 Å². The van der Waals surface area contributed by atoms with E-state index in [4.69, 9.17) is 5.73 Å². The predicted octanol–water partition coefficient (Wildman–Crippen LogP) is 1.58. The Kier molecular flexibility index (Phi) is 3.32. The molecule has 3 atom stereocenters. The van der Waals surface area contributed by atoms with Crippen LogP contribution < -0.4 is 5.73 Å². The van der Waals surface area contributed by atoms with E-state index >= 15 is 0 Å². The molecule has 2 fully saturated rings. The van der Waals surface area contributed by atoms with Gasteiger partial charge in [-0.1, -0.05) is 6.42 Å². The fourth-order valence-corrected chi connectivity index (χ4v) is 4.57. The maximum absolute atomic E-state index is 11.1. The first-order chi connectivity index (χ1) is 7.45. The van der Waals surface area contributed by atoms with Crippen molar-refractivity contribution in [1.82, 2.24) is 0 Å². The van der Waals surface area contributed by atoms with Gasteiger partial charge in [-0.2, -0.15) is 0 Å². The van der Waals surface area contributed by atoms with E-state index < -0.39 is 9.84 Å². The molecule has 0 radical (unpaired) electrons. The van der Waals surface area contributed by atoms with Crippen molar-refractivity contribution in [1.29, 1.82) is 0 Å². The van der Waals surface area contributed by atoms with E-state index in [2.05, 4.69) is 0 Å². The van der Waals surface area contributed by atoms with E-state index in [1.54, 1.807) is 0 Å². The van der Waals surface area contributed by atoms with Gasteiger partial charge in [0.25, 0.3) is 0 Å². The molecule has 0 aromatic heterocycles. The zero-order valence-electron chi connectivity index (χ0n) is 10.1. The number of hydrogen-bond donors (Lipinski definition) is 1. The summed E-state index contributed by atoms with van der Waals surface area (Å²) in [7, 11) is -2.80. The Morgan fingerprint density at radius 1 is 1.38 bits per heavy atom. The average molecular weight is 245 g/mol. The van der Waals surface area contributed by atoms with Gasteiger partial charge in [0, 0.05) is 12.0 Å². The standard InChI is InChI=1S/C12H23NO2S/c1-16(14,15)6-2-5-12(9-13)8-10-3-4-11(12)7-10/h10-11H,2-9,13H2,1H3. The van der Waals surface area contributed by atoms with Crippen LogP contribution >= 0.6 is 0 Å². The van der Waals surface area contributed by atoms with Gasteiger partial charge in [0.1, 0.15) is 9.84 Å². The highest BCUT2D eigenvalue weighted by Gasteiger charge is 2.49. The van der Waals surface area contributed by atoms with E-state index in [0.717, 1.165) is 31.2 Å². The van der Waals surface area contributed by atoms with Crippen LogP contribution in [-0.4, -0.2) is 27.0 Å². The minimum Gasteiger partial charge on any atom is -0.330 e. The Bertz CT molecular complexity index is 352. The first-order valence-corrected chi connectivity index (χ1v) is 8.39. The normalized spacial score (nSPS) is 38.1. The maximum atomic E-state index is 11.1. The summed E-state index contributed by atoms with van der Waals surface area (Å²) in [6, 6.07) is 0. The van der Waals surface area contributed by atoms with Gasteiger partial charge >= 0.3 is 0 Å². The van der Waals surface area contributed by atoms with Gasteiger partial charge in [-0.05, 0) is 55.9 Å². The van der Waals surface area contributed by atoms with Gasteiger partial charge in [-0.25, -0.2) is 8.42 Å². The second kappa shape index (κ2) is 4.30. The van der Waals surface area contributed by atoms with Crippen LogP contribution in [0.5, 0.6) is 0 Å². The van der Waals surface area contributed by atoms with E-state index in [9.17, 15) is 8.42 Å². The maximum Gasteiger partial charge on any atom is 0.147 e. The highest BCUT2D eigenvalue weighted by Crippen LogP contribution is 2.57. The summed E-state index contributed by atoms with van der Waals surface area (Å²) in [4.78, 5) is 0. The molecule has 0 saturated heterocycles. The van der Waals surface area contributed by atoms with Gasteiger partial charge in [0.2, 0.25) is 0 Å². The first kappa shape index (κ1) is 12.4. The number of nitrogens with two attached hydrogens (primary N) is 1. The van der Waals surface area contributed by atoms with Crippen LogP contribution in [0, 0.1) is 17.3 Å². The molecule has 2 aliphatic rings. The third kappa shape index (κ3) is 2.43. The summed E-state index contributed by atoms with van der Waals surface area (Å²) in [5.41, 5.74) is 6.24. The highest BCUT2D eigenvalue weighted by atomic mass is 32.2. The molecule has 3 unspecified atom stereocenters. The number of hydrogen-bond acceptors (Lipinski definition) is 3. The topological polar surface area (TPSA) is 60.2 Å². The van der Waals surface area contributed by atoms with Gasteiger partial charge in [-0.3, -0.25) is 0 Å². The highest BCUT2D eigenvalue weighted by molar-refractivity contribution is 7.90. The molecule has 0 aliphatic heterocycles. The summed E-state index contributed by atoms with van der Waals surface area (Å²) < 4.78 is 22.3. The van der Waals surface area contributed by atoms with Crippen molar-refractivity contribution in [2.75, 3.05) is 18.6 Å². The number of rotatable bonds is 5. The van der Waals surface area contributed by atoms with Crippen LogP contribution in [0.2, 0.25) is 0 Å². The second-order valence-electron chi connectivity index (χ2n) is 5.88. The fourth-order valence-electron chi connectivity index (χ4n) is 3.90. The fraction of sp³-hybridized carbons (Fsp3) is 1.00. The van der Waals surface area contributed by atoms with E-state index in [-0.39, 0.29) is 5.41 Å². The lowest BCUT2D eigenvalue weighted by Crippen LogP contribution is -2.36. The third-order valence-electron chi connectivity index (χ3n) is 4.70. The average Bonchev–Trinajstić information content (AvgIpc) is 2.75. The second-order valence-corrected chi connectivity index (χ2v) is 8.14. The lowest BCUT2D eigenvalue weighted by molar-refractivity contribution is 0.156. The Hall–Kier alpha value is -0.0900. The SMILES string of the molecule is CS(=O)(=O)CCCC1(CN)CC2CCC1C2. The van der Waals surface area contributed by atoms with Crippen molar-refractivity contribution in [3.63, 3.8) is 0 Å². The summed E-state index contributed by atoms with van der Waals surface area (Å²) >= 11 is 0. The molecule has 0 spiro atoms. The zero-order valence-corrected chi connectivity index (χ0v) is 10.9. The molecule has 0 aromatic carbocycles. The quantitative estimate of drug-likeness (QED) is 0.800. The van der Waals surface area contributed by atoms with Crippen molar-refractivity contribution < 1.29 is 8.42 Å². The molecule has 0 amide bonds. The molecule has 94 valence electrons. The molecule has 2 rings (SSSR count). The van der Waals surface area contributed by atoms with Crippen molar-refractivity contribution in [3.8, 4) is 0 Å². The molecular formula is C12H23NO2S. The van der Waals surface area contributed by atoms with E-state index in [0.29, 0.717) is 5.75 Å². The molecule has 0 heterocycles. The minimum atomic E-state index is -2.80. The van der Waals surface area contributed by atoms with Gasteiger partial charge in [0.15, 0.2) is 0 Å². The van der Waals surface area contributed by atoms with Gasteiger partial charge in [-0.15, -0.1) is 0 Å². The zero-order chi connectivity index (χ0) is 11.8. The van der Waals surface area contributed by atoms with Crippen LogP contribution in [-0.2, 0) is 9.84 Å². The Balaban J connectivity index is 1.91. The summed E-state index contributed by atoms with van der Waals surface area (Å²) in [6.07, 6.45) is 8.41. The van der Waals surface area contributed by atoms with Crippen LogP contribution in [0.4, 0.5) is 0 Å². The Morgan fingerprint density at radius 3 is 2.56 bits per heavy atom.